The first-order valence-corrected chi connectivity index (χ1v) is 5.60. The van der Waals surface area contributed by atoms with Crippen LogP contribution in [0.25, 0.3) is 0 Å². The molecule has 1 atom stereocenters. The number of hydrogen-bond acceptors (Lipinski definition) is 4. The number of nitrogens with one attached hydrogen (secondary N) is 1. The van der Waals surface area contributed by atoms with Crippen LogP contribution < -0.4 is 5.32 Å². The number of hydrogen-bond donors (Lipinski definition) is 3. The predicted molar refractivity (Wildman–Crippen MR) is 65.2 cm³/mol. The maximum atomic E-state index is 10.8. The van der Waals surface area contributed by atoms with Gasteiger partial charge in [-0.1, -0.05) is 13.0 Å². The van der Waals surface area contributed by atoms with E-state index in [9.17, 15) is 4.79 Å². The molecule has 0 saturated heterocycles. The summed E-state index contributed by atoms with van der Waals surface area (Å²) < 4.78 is 0. The van der Waals surface area contributed by atoms with E-state index in [0.717, 1.165) is 6.42 Å². The maximum absolute atomic E-state index is 10.8. The molecule has 1 rings (SSSR count). The molecule has 5 heteroatoms. The van der Waals surface area contributed by atoms with Crippen LogP contribution in [0, 0.1) is 0 Å². The fraction of sp³-hybridized carbons (Fsp3) is 0.500. The number of aliphatic hydroxyl groups excluding tert-OH is 1. The van der Waals surface area contributed by atoms with E-state index in [2.05, 4.69) is 10.3 Å². The van der Waals surface area contributed by atoms with Crippen molar-refractivity contribution in [1.29, 1.82) is 0 Å². The number of pyridine rings is 1. The summed E-state index contributed by atoms with van der Waals surface area (Å²) >= 11 is 0. The number of anilines is 1. The number of carboxylic acid groups (broad SMARTS) is 1. The zero-order valence-electron chi connectivity index (χ0n) is 10.1. The average Bonchev–Trinajstić information content (AvgIpc) is 2.29. The quantitative estimate of drug-likeness (QED) is 0.703. The van der Waals surface area contributed by atoms with E-state index in [1.54, 1.807) is 12.1 Å². The first-order valence-electron chi connectivity index (χ1n) is 5.60. The summed E-state index contributed by atoms with van der Waals surface area (Å²) in [5, 5.41) is 21.0. The van der Waals surface area contributed by atoms with E-state index < -0.39 is 5.97 Å². The number of rotatable bonds is 6. The monoisotopic (exact) mass is 238 g/mol. The third kappa shape index (κ3) is 3.71. The Morgan fingerprint density at radius 1 is 1.53 bits per heavy atom. The van der Waals surface area contributed by atoms with Gasteiger partial charge in [0.05, 0.1) is 0 Å². The predicted octanol–water partition coefficient (Wildman–Crippen LogP) is 1.74. The molecular formula is C12H18N2O3. The lowest BCUT2D eigenvalue weighted by Crippen LogP contribution is -2.35. The molecule has 0 bridgehead atoms. The summed E-state index contributed by atoms with van der Waals surface area (Å²) in [6.45, 7) is 4.05. The molecule has 17 heavy (non-hydrogen) atoms. The second-order valence-corrected chi connectivity index (χ2v) is 4.23. The molecule has 3 N–H and O–H groups in total. The number of carbonyl (C=O) groups is 1. The molecule has 1 aromatic heterocycles. The van der Waals surface area contributed by atoms with E-state index in [4.69, 9.17) is 10.2 Å². The largest absolute Gasteiger partial charge is 0.477 e. The first kappa shape index (κ1) is 13.4. The van der Waals surface area contributed by atoms with Crippen LogP contribution in [0.2, 0.25) is 0 Å². The van der Waals surface area contributed by atoms with Crippen molar-refractivity contribution in [1.82, 2.24) is 4.98 Å². The van der Waals surface area contributed by atoms with E-state index in [1.165, 1.54) is 6.07 Å². The highest BCUT2D eigenvalue weighted by molar-refractivity contribution is 5.85. The molecule has 0 saturated carbocycles. The molecule has 0 radical (unpaired) electrons. The molecule has 1 unspecified atom stereocenters. The second kappa shape index (κ2) is 5.63. The highest BCUT2D eigenvalue weighted by Gasteiger charge is 2.21. The summed E-state index contributed by atoms with van der Waals surface area (Å²) in [5.41, 5.74) is -0.267. The lowest BCUT2D eigenvalue weighted by molar-refractivity contribution is 0.0690. The molecule has 1 aromatic rings. The Hall–Kier alpha value is -1.62. The molecule has 5 nitrogen and oxygen atoms in total. The molecule has 0 aliphatic heterocycles. The minimum atomic E-state index is -1.05. The fourth-order valence-corrected chi connectivity index (χ4v) is 1.51. The van der Waals surface area contributed by atoms with Gasteiger partial charge in [0.2, 0.25) is 0 Å². The van der Waals surface area contributed by atoms with Crippen molar-refractivity contribution in [3.8, 4) is 0 Å². The van der Waals surface area contributed by atoms with Gasteiger partial charge in [-0.3, -0.25) is 0 Å². The van der Waals surface area contributed by atoms with Gasteiger partial charge < -0.3 is 15.5 Å². The van der Waals surface area contributed by atoms with Crippen LogP contribution in [-0.4, -0.2) is 33.3 Å². The molecule has 0 aliphatic carbocycles. The number of aromatic nitrogens is 1. The number of carboxylic acids is 1. The van der Waals surface area contributed by atoms with Gasteiger partial charge in [0.15, 0.2) is 5.69 Å². The van der Waals surface area contributed by atoms with Crippen molar-refractivity contribution in [2.24, 2.45) is 0 Å². The van der Waals surface area contributed by atoms with Gasteiger partial charge in [-0.15, -0.1) is 0 Å². The van der Waals surface area contributed by atoms with Crippen molar-refractivity contribution in [3.05, 3.63) is 23.9 Å². The van der Waals surface area contributed by atoms with Gasteiger partial charge in [0, 0.05) is 12.1 Å². The third-order valence-electron chi connectivity index (χ3n) is 2.84. The summed E-state index contributed by atoms with van der Waals surface area (Å²) in [6, 6.07) is 4.81. The second-order valence-electron chi connectivity index (χ2n) is 4.23. The molecule has 1 heterocycles. The Morgan fingerprint density at radius 2 is 2.24 bits per heavy atom. The van der Waals surface area contributed by atoms with Crippen LogP contribution >= 0.6 is 0 Å². The fourth-order valence-electron chi connectivity index (χ4n) is 1.51. The Bertz CT molecular complexity index is 395. The van der Waals surface area contributed by atoms with Gasteiger partial charge in [0.1, 0.15) is 5.82 Å². The van der Waals surface area contributed by atoms with Crippen LogP contribution in [0.1, 0.15) is 37.2 Å². The Balaban J connectivity index is 2.86. The highest BCUT2D eigenvalue weighted by atomic mass is 16.4. The van der Waals surface area contributed by atoms with Gasteiger partial charge in [-0.25, -0.2) is 9.78 Å². The molecular weight excluding hydrogens is 220 g/mol. The summed E-state index contributed by atoms with van der Waals surface area (Å²) in [7, 11) is 0. The van der Waals surface area contributed by atoms with Crippen LogP contribution in [-0.2, 0) is 0 Å². The van der Waals surface area contributed by atoms with Gasteiger partial charge in [-0.2, -0.15) is 0 Å². The van der Waals surface area contributed by atoms with Crippen molar-refractivity contribution in [2.45, 2.75) is 32.2 Å². The lowest BCUT2D eigenvalue weighted by atomic mass is 9.95. The standard InChI is InChI=1S/C12H18N2O3/c1-3-12(2,7-8-15)14-10-6-4-5-9(13-10)11(16)17/h4-6,15H,3,7-8H2,1-2H3,(H,13,14)(H,16,17). The highest BCUT2D eigenvalue weighted by Crippen LogP contribution is 2.20. The molecule has 94 valence electrons. The Morgan fingerprint density at radius 3 is 2.76 bits per heavy atom. The van der Waals surface area contributed by atoms with E-state index in [1.807, 2.05) is 13.8 Å². The number of nitrogens with zero attached hydrogens (tertiary/aromatic N) is 1. The SMILES string of the molecule is CCC(C)(CCO)Nc1cccc(C(=O)O)n1. The van der Waals surface area contributed by atoms with Crippen LogP contribution in [0.15, 0.2) is 18.2 Å². The molecule has 0 aliphatic rings. The zero-order valence-corrected chi connectivity index (χ0v) is 10.1. The van der Waals surface area contributed by atoms with Gasteiger partial charge >= 0.3 is 5.97 Å². The minimum Gasteiger partial charge on any atom is -0.477 e. The molecule has 0 fully saturated rings. The van der Waals surface area contributed by atoms with Crippen LogP contribution in [0.5, 0.6) is 0 Å². The Kier molecular flexibility index (Phi) is 4.45. The average molecular weight is 238 g/mol. The van der Waals surface area contributed by atoms with Gasteiger partial charge in [0.25, 0.3) is 0 Å². The Labute approximate surface area is 101 Å². The smallest absolute Gasteiger partial charge is 0.354 e. The van der Waals surface area contributed by atoms with Gasteiger partial charge in [-0.05, 0) is 31.9 Å². The third-order valence-corrected chi connectivity index (χ3v) is 2.84. The first-order chi connectivity index (χ1) is 8.00. The molecule has 0 amide bonds. The van der Waals surface area contributed by atoms with E-state index in [0.29, 0.717) is 12.2 Å². The zero-order chi connectivity index (χ0) is 12.9. The minimum absolute atomic E-state index is 0.0115. The topological polar surface area (TPSA) is 82.5 Å². The number of aromatic carboxylic acids is 1. The van der Waals surface area contributed by atoms with Crippen LogP contribution in [0.4, 0.5) is 5.82 Å². The van der Waals surface area contributed by atoms with E-state index >= 15 is 0 Å². The van der Waals surface area contributed by atoms with Crippen molar-refractivity contribution in [3.63, 3.8) is 0 Å². The summed E-state index contributed by atoms with van der Waals surface area (Å²) in [5.74, 6) is -0.531. The summed E-state index contributed by atoms with van der Waals surface area (Å²) in [6.07, 6.45) is 1.40. The van der Waals surface area contributed by atoms with Crippen molar-refractivity contribution < 1.29 is 15.0 Å². The van der Waals surface area contributed by atoms with Crippen LogP contribution in [0.3, 0.4) is 0 Å². The lowest BCUT2D eigenvalue weighted by Gasteiger charge is -2.29. The van der Waals surface area contributed by atoms with Crippen molar-refractivity contribution >= 4 is 11.8 Å². The summed E-state index contributed by atoms with van der Waals surface area (Å²) in [4.78, 5) is 14.8. The molecule has 0 spiro atoms. The van der Waals surface area contributed by atoms with Crippen molar-refractivity contribution in [2.75, 3.05) is 11.9 Å². The normalized spacial score (nSPS) is 14.1. The molecule has 0 aromatic carbocycles. The number of aliphatic hydroxyl groups is 1. The van der Waals surface area contributed by atoms with E-state index in [-0.39, 0.29) is 17.8 Å². The maximum Gasteiger partial charge on any atom is 0.354 e.